The van der Waals surface area contributed by atoms with Crippen LogP contribution in [0.2, 0.25) is 0 Å². The summed E-state index contributed by atoms with van der Waals surface area (Å²) in [5, 5.41) is 21.4. The maximum Gasteiger partial charge on any atom is 0.243 e. The minimum Gasteiger partial charge on any atom is -0.389 e. The number of sulfonamides is 1. The zero-order valence-corrected chi connectivity index (χ0v) is 11.7. The molecule has 2 rings (SSSR count). The molecular weight excluding hydrogens is 284 g/mol. The molecule has 0 saturated carbocycles. The van der Waals surface area contributed by atoms with Gasteiger partial charge in [-0.3, -0.25) is 4.79 Å². The van der Waals surface area contributed by atoms with Gasteiger partial charge in [0, 0.05) is 25.7 Å². The number of carbonyl (C=O) groups excluding carboxylic acids is 1. The molecule has 3 N–H and O–H groups in total. The molecule has 0 aliphatic carbocycles. The second kappa shape index (κ2) is 5.49. The van der Waals surface area contributed by atoms with Gasteiger partial charge in [0.05, 0.1) is 17.1 Å². The Hall–Kier alpha value is -1.48. The van der Waals surface area contributed by atoms with Crippen LogP contribution < -0.4 is 5.32 Å². The molecule has 0 radical (unpaired) electrons. The first-order valence-electron chi connectivity index (χ1n) is 6.04. The van der Waals surface area contributed by atoms with Crippen LogP contribution in [0.3, 0.4) is 0 Å². The van der Waals surface area contributed by atoms with Gasteiger partial charge in [0.25, 0.3) is 0 Å². The van der Waals surface area contributed by atoms with Crippen molar-refractivity contribution in [2.24, 2.45) is 0 Å². The van der Waals surface area contributed by atoms with Crippen molar-refractivity contribution in [3.05, 3.63) is 24.3 Å². The Morgan fingerprint density at radius 3 is 2.15 bits per heavy atom. The Bertz CT molecular complexity index is 589. The van der Waals surface area contributed by atoms with E-state index >= 15 is 0 Å². The number of hydrogen-bond acceptors (Lipinski definition) is 5. The second-order valence-electron chi connectivity index (χ2n) is 4.66. The summed E-state index contributed by atoms with van der Waals surface area (Å²) in [6, 6.07) is 5.71. The van der Waals surface area contributed by atoms with Crippen LogP contribution in [0.4, 0.5) is 5.69 Å². The van der Waals surface area contributed by atoms with E-state index < -0.39 is 22.2 Å². The largest absolute Gasteiger partial charge is 0.389 e. The topological polar surface area (TPSA) is 107 Å². The Balaban J connectivity index is 2.20. The van der Waals surface area contributed by atoms with Crippen molar-refractivity contribution in [1.82, 2.24) is 4.31 Å². The van der Waals surface area contributed by atoms with Gasteiger partial charge in [-0.1, -0.05) is 0 Å². The van der Waals surface area contributed by atoms with Gasteiger partial charge in [0.1, 0.15) is 0 Å². The maximum absolute atomic E-state index is 12.3. The Kier molecular flexibility index (Phi) is 4.09. The minimum atomic E-state index is -3.75. The third kappa shape index (κ3) is 2.98. The summed E-state index contributed by atoms with van der Waals surface area (Å²) in [5.41, 5.74) is 0.498. The number of benzene rings is 1. The van der Waals surface area contributed by atoms with Gasteiger partial charge in [-0.15, -0.1) is 0 Å². The van der Waals surface area contributed by atoms with Crippen molar-refractivity contribution in [3.63, 3.8) is 0 Å². The average molecular weight is 300 g/mol. The summed E-state index contributed by atoms with van der Waals surface area (Å²) in [6.45, 7) is 1.10. The predicted molar refractivity (Wildman–Crippen MR) is 71.5 cm³/mol. The Labute approximate surface area is 116 Å². The molecule has 7 nitrogen and oxygen atoms in total. The molecule has 1 fully saturated rings. The van der Waals surface area contributed by atoms with Crippen LogP contribution in [0.5, 0.6) is 0 Å². The van der Waals surface area contributed by atoms with Crippen molar-refractivity contribution >= 4 is 21.6 Å². The molecule has 0 unspecified atom stereocenters. The Morgan fingerprint density at radius 1 is 1.20 bits per heavy atom. The number of anilines is 1. The van der Waals surface area contributed by atoms with E-state index in [-0.39, 0.29) is 23.9 Å². The highest BCUT2D eigenvalue weighted by molar-refractivity contribution is 7.89. The zero-order chi connectivity index (χ0) is 14.9. The quantitative estimate of drug-likeness (QED) is 0.689. The van der Waals surface area contributed by atoms with Gasteiger partial charge in [0.15, 0.2) is 0 Å². The lowest BCUT2D eigenvalue weighted by Gasteiger charge is -2.15. The van der Waals surface area contributed by atoms with Gasteiger partial charge >= 0.3 is 0 Å². The zero-order valence-electron chi connectivity index (χ0n) is 10.9. The highest BCUT2D eigenvalue weighted by Crippen LogP contribution is 2.22. The number of rotatable bonds is 3. The van der Waals surface area contributed by atoms with E-state index in [2.05, 4.69) is 5.32 Å². The lowest BCUT2D eigenvalue weighted by molar-refractivity contribution is -0.114. The van der Waals surface area contributed by atoms with Gasteiger partial charge in [-0.2, -0.15) is 4.31 Å². The number of β-amino-alcohol motifs (C(OH)–C–C–N with tert-alkyl or cyclic N) is 2. The maximum atomic E-state index is 12.3. The van der Waals surface area contributed by atoms with Crippen LogP contribution in [-0.4, -0.2) is 54.1 Å². The van der Waals surface area contributed by atoms with E-state index in [0.717, 1.165) is 4.31 Å². The summed E-state index contributed by atoms with van der Waals surface area (Å²) < 4.78 is 25.6. The molecule has 1 heterocycles. The predicted octanol–water partition coefficient (Wildman–Crippen LogP) is -0.629. The molecule has 0 spiro atoms. The highest BCUT2D eigenvalue weighted by atomic mass is 32.2. The van der Waals surface area contributed by atoms with Crippen LogP contribution in [0.15, 0.2) is 29.2 Å². The molecule has 1 amide bonds. The number of carbonyl (C=O) groups is 1. The Morgan fingerprint density at radius 2 is 1.70 bits per heavy atom. The molecule has 110 valence electrons. The average Bonchev–Trinajstić information content (AvgIpc) is 2.70. The number of hydrogen-bond donors (Lipinski definition) is 3. The molecule has 8 heteroatoms. The molecule has 20 heavy (non-hydrogen) atoms. The van der Waals surface area contributed by atoms with Crippen molar-refractivity contribution < 1.29 is 23.4 Å². The van der Waals surface area contributed by atoms with E-state index in [0.29, 0.717) is 5.69 Å². The van der Waals surface area contributed by atoms with Crippen molar-refractivity contribution in [1.29, 1.82) is 0 Å². The van der Waals surface area contributed by atoms with Crippen LogP contribution in [0.1, 0.15) is 6.92 Å². The van der Waals surface area contributed by atoms with E-state index in [9.17, 15) is 23.4 Å². The molecule has 1 aromatic carbocycles. The number of aliphatic hydroxyl groups is 2. The molecule has 1 saturated heterocycles. The van der Waals surface area contributed by atoms with E-state index in [1.54, 1.807) is 0 Å². The fourth-order valence-electron chi connectivity index (χ4n) is 1.99. The first-order chi connectivity index (χ1) is 9.30. The fraction of sp³-hybridized carbons (Fsp3) is 0.417. The molecule has 1 aliphatic rings. The standard InChI is InChI=1S/C12H16N2O5S/c1-8(15)13-9-2-4-10(5-3-9)20(18,19)14-6-11(16)12(17)7-14/h2-5,11-12,16-17H,6-7H2,1H3,(H,13,15)/t11-,12+. The molecule has 0 bridgehead atoms. The van der Waals surface area contributed by atoms with Crippen LogP contribution in [0.25, 0.3) is 0 Å². The number of nitrogens with one attached hydrogen (secondary N) is 1. The van der Waals surface area contributed by atoms with Crippen molar-refractivity contribution in [3.8, 4) is 0 Å². The summed E-state index contributed by atoms with van der Waals surface area (Å²) in [7, 11) is -3.75. The lowest BCUT2D eigenvalue weighted by atomic mass is 10.3. The monoisotopic (exact) mass is 300 g/mol. The van der Waals surface area contributed by atoms with Crippen molar-refractivity contribution in [2.45, 2.75) is 24.0 Å². The van der Waals surface area contributed by atoms with Gasteiger partial charge < -0.3 is 15.5 Å². The molecule has 1 aromatic rings. The summed E-state index contributed by atoms with van der Waals surface area (Å²) in [5.74, 6) is -0.244. The van der Waals surface area contributed by atoms with E-state index in [1.807, 2.05) is 0 Å². The van der Waals surface area contributed by atoms with Gasteiger partial charge in [-0.25, -0.2) is 8.42 Å². The second-order valence-corrected chi connectivity index (χ2v) is 6.60. The molecule has 0 aromatic heterocycles. The molecule has 1 aliphatic heterocycles. The first kappa shape index (κ1) is 14.9. The van der Waals surface area contributed by atoms with Crippen molar-refractivity contribution in [2.75, 3.05) is 18.4 Å². The third-order valence-corrected chi connectivity index (χ3v) is 4.88. The van der Waals surface area contributed by atoms with E-state index in [1.165, 1.54) is 31.2 Å². The summed E-state index contributed by atoms with van der Waals surface area (Å²) >= 11 is 0. The number of nitrogens with zero attached hydrogens (tertiary/aromatic N) is 1. The van der Waals surface area contributed by atoms with Crippen LogP contribution in [0, 0.1) is 0 Å². The van der Waals surface area contributed by atoms with E-state index in [4.69, 9.17) is 0 Å². The summed E-state index contributed by atoms with van der Waals surface area (Å²) in [6.07, 6.45) is -2.13. The lowest BCUT2D eigenvalue weighted by Crippen LogP contribution is -2.29. The number of aliphatic hydroxyl groups excluding tert-OH is 2. The highest BCUT2D eigenvalue weighted by Gasteiger charge is 2.37. The van der Waals surface area contributed by atoms with Gasteiger partial charge in [0.2, 0.25) is 15.9 Å². The minimum absolute atomic E-state index is 0.0490. The fourth-order valence-corrected chi connectivity index (χ4v) is 3.47. The third-order valence-electron chi connectivity index (χ3n) is 3.04. The van der Waals surface area contributed by atoms with Crippen LogP contribution >= 0.6 is 0 Å². The van der Waals surface area contributed by atoms with Gasteiger partial charge in [-0.05, 0) is 24.3 Å². The van der Waals surface area contributed by atoms with Crippen LogP contribution in [-0.2, 0) is 14.8 Å². The molecular formula is C12H16N2O5S. The smallest absolute Gasteiger partial charge is 0.243 e. The summed E-state index contributed by atoms with van der Waals surface area (Å²) in [4.78, 5) is 10.9. The SMILES string of the molecule is CC(=O)Nc1ccc(S(=O)(=O)N2C[C@@H](O)[C@@H](O)C2)cc1. The molecule has 2 atom stereocenters. The number of amides is 1. The normalized spacial score (nSPS) is 23.8. The first-order valence-corrected chi connectivity index (χ1v) is 7.48.